The standard InChI is InChI=1S/C16H22N2O2/c1-3-12-6-7-13-5-4-8-18(14(13)9-12)10-15(19)16(20)11(2)17/h6-7,9,11H,3-5,8,10,17H2,1-2H3. The van der Waals surface area contributed by atoms with Crippen LogP contribution < -0.4 is 10.6 Å². The van der Waals surface area contributed by atoms with Gasteiger partial charge in [0.1, 0.15) is 0 Å². The summed E-state index contributed by atoms with van der Waals surface area (Å²) in [7, 11) is 0. The number of nitrogens with zero attached hydrogens (tertiary/aromatic N) is 1. The molecule has 1 heterocycles. The molecule has 0 amide bonds. The Hall–Kier alpha value is -1.68. The molecular formula is C16H22N2O2. The average Bonchev–Trinajstić information content (AvgIpc) is 2.46. The van der Waals surface area contributed by atoms with Gasteiger partial charge < -0.3 is 10.6 Å². The molecule has 1 aliphatic rings. The Morgan fingerprint density at radius 1 is 1.40 bits per heavy atom. The molecular weight excluding hydrogens is 252 g/mol. The van der Waals surface area contributed by atoms with E-state index in [4.69, 9.17) is 5.73 Å². The minimum Gasteiger partial charge on any atom is -0.363 e. The third kappa shape index (κ3) is 3.07. The number of aryl methyl sites for hydroxylation is 2. The number of rotatable bonds is 5. The van der Waals surface area contributed by atoms with E-state index in [2.05, 4.69) is 25.1 Å². The highest BCUT2D eigenvalue weighted by molar-refractivity contribution is 6.40. The van der Waals surface area contributed by atoms with Crippen LogP contribution in [0.4, 0.5) is 5.69 Å². The van der Waals surface area contributed by atoms with Crippen molar-refractivity contribution in [3.05, 3.63) is 29.3 Å². The van der Waals surface area contributed by atoms with E-state index >= 15 is 0 Å². The van der Waals surface area contributed by atoms with Crippen molar-refractivity contribution >= 4 is 17.3 Å². The lowest BCUT2D eigenvalue weighted by Gasteiger charge is -2.31. The van der Waals surface area contributed by atoms with Gasteiger partial charge in [0, 0.05) is 12.2 Å². The monoisotopic (exact) mass is 274 g/mol. The Kier molecular flexibility index (Phi) is 4.55. The van der Waals surface area contributed by atoms with Gasteiger partial charge in [0.25, 0.3) is 0 Å². The van der Waals surface area contributed by atoms with Crippen LogP contribution in [0.5, 0.6) is 0 Å². The lowest BCUT2D eigenvalue weighted by Crippen LogP contribution is -2.42. The third-order valence-electron chi connectivity index (χ3n) is 3.80. The van der Waals surface area contributed by atoms with Crippen LogP contribution in [0, 0.1) is 0 Å². The van der Waals surface area contributed by atoms with Crippen LogP contribution in [0.3, 0.4) is 0 Å². The minimum absolute atomic E-state index is 0.139. The van der Waals surface area contributed by atoms with Gasteiger partial charge in [0.05, 0.1) is 12.6 Å². The van der Waals surface area contributed by atoms with Crippen molar-refractivity contribution in [2.75, 3.05) is 18.0 Å². The van der Waals surface area contributed by atoms with Crippen molar-refractivity contribution < 1.29 is 9.59 Å². The molecule has 0 aliphatic carbocycles. The lowest BCUT2D eigenvalue weighted by atomic mass is 9.98. The maximum atomic E-state index is 11.9. The van der Waals surface area contributed by atoms with E-state index < -0.39 is 17.6 Å². The highest BCUT2D eigenvalue weighted by atomic mass is 16.2. The molecule has 20 heavy (non-hydrogen) atoms. The Balaban J connectivity index is 2.19. The molecule has 0 saturated carbocycles. The molecule has 2 rings (SSSR count). The molecule has 1 aliphatic heterocycles. The molecule has 2 N–H and O–H groups in total. The maximum absolute atomic E-state index is 11.9. The molecule has 0 spiro atoms. The van der Waals surface area contributed by atoms with Crippen molar-refractivity contribution in [2.24, 2.45) is 5.73 Å². The number of carbonyl (C=O) groups is 2. The number of carbonyl (C=O) groups excluding carboxylic acids is 2. The fourth-order valence-electron chi connectivity index (χ4n) is 2.59. The second-order valence-electron chi connectivity index (χ2n) is 5.42. The van der Waals surface area contributed by atoms with E-state index in [-0.39, 0.29) is 6.54 Å². The van der Waals surface area contributed by atoms with Crippen molar-refractivity contribution in [3.63, 3.8) is 0 Å². The Morgan fingerprint density at radius 3 is 2.80 bits per heavy atom. The summed E-state index contributed by atoms with van der Waals surface area (Å²) in [6, 6.07) is 5.70. The molecule has 1 unspecified atom stereocenters. The summed E-state index contributed by atoms with van der Waals surface area (Å²) >= 11 is 0. The number of hydrogen-bond donors (Lipinski definition) is 1. The molecule has 108 valence electrons. The van der Waals surface area contributed by atoms with Gasteiger partial charge in [-0.25, -0.2) is 0 Å². The summed E-state index contributed by atoms with van der Waals surface area (Å²) < 4.78 is 0. The van der Waals surface area contributed by atoms with Gasteiger partial charge >= 0.3 is 0 Å². The summed E-state index contributed by atoms with van der Waals surface area (Å²) in [5.74, 6) is -0.876. The second kappa shape index (κ2) is 6.18. The summed E-state index contributed by atoms with van der Waals surface area (Å²) in [6.45, 7) is 4.62. The van der Waals surface area contributed by atoms with E-state index in [1.165, 1.54) is 11.1 Å². The SMILES string of the molecule is CCc1ccc2c(c1)N(CC(=O)C(=O)C(C)N)CCC2. The summed E-state index contributed by atoms with van der Waals surface area (Å²) in [6.07, 6.45) is 3.01. The molecule has 0 radical (unpaired) electrons. The Bertz CT molecular complexity index is 523. The van der Waals surface area contributed by atoms with Crippen LogP contribution >= 0.6 is 0 Å². The minimum atomic E-state index is -0.714. The van der Waals surface area contributed by atoms with E-state index in [1.54, 1.807) is 6.92 Å². The Morgan fingerprint density at radius 2 is 2.15 bits per heavy atom. The maximum Gasteiger partial charge on any atom is 0.219 e. The van der Waals surface area contributed by atoms with Crippen molar-refractivity contribution in [1.29, 1.82) is 0 Å². The third-order valence-corrected chi connectivity index (χ3v) is 3.80. The molecule has 4 heteroatoms. The van der Waals surface area contributed by atoms with Gasteiger partial charge in [-0.1, -0.05) is 19.1 Å². The smallest absolute Gasteiger partial charge is 0.219 e. The van der Waals surface area contributed by atoms with Crippen molar-refractivity contribution in [3.8, 4) is 0 Å². The molecule has 0 fully saturated rings. The fraction of sp³-hybridized carbons (Fsp3) is 0.500. The van der Waals surface area contributed by atoms with E-state index in [1.807, 2.05) is 4.90 Å². The Labute approximate surface area is 119 Å². The molecule has 0 bridgehead atoms. The molecule has 0 aromatic heterocycles. The van der Waals surface area contributed by atoms with Gasteiger partial charge in [-0.2, -0.15) is 0 Å². The molecule has 0 saturated heterocycles. The van der Waals surface area contributed by atoms with Crippen molar-refractivity contribution in [2.45, 2.75) is 39.2 Å². The van der Waals surface area contributed by atoms with Crippen molar-refractivity contribution in [1.82, 2.24) is 0 Å². The molecule has 4 nitrogen and oxygen atoms in total. The number of nitrogens with two attached hydrogens (primary N) is 1. The van der Waals surface area contributed by atoms with Gasteiger partial charge in [-0.3, -0.25) is 9.59 Å². The number of ketones is 2. The first kappa shape index (κ1) is 14.7. The lowest BCUT2D eigenvalue weighted by molar-refractivity contribution is -0.136. The van der Waals surface area contributed by atoms with Gasteiger partial charge in [-0.15, -0.1) is 0 Å². The largest absolute Gasteiger partial charge is 0.363 e. The normalized spacial score (nSPS) is 15.7. The predicted octanol–water partition coefficient (Wildman–Crippen LogP) is 1.49. The van der Waals surface area contributed by atoms with E-state index in [9.17, 15) is 9.59 Å². The van der Waals surface area contributed by atoms with Gasteiger partial charge in [-0.05, 0) is 43.4 Å². The van der Waals surface area contributed by atoms with E-state index in [0.717, 1.165) is 31.5 Å². The first-order valence-corrected chi connectivity index (χ1v) is 7.22. The highest BCUT2D eigenvalue weighted by Gasteiger charge is 2.24. The van der Waals surface area contributed by atoms with E-state index in [0.29, 0.717) is 0 Å². The zero-order valence-electron chi connectivity index (χ0n) is 12.2. The first-order valence-electron chi connectivity index (χ1n) is 7.22. The first-order chi connectivity index (χ1) is 9.52. The summed E-state index contributed by atoms with van der Waals surface area (Å²) in [5, 5.41) is 0. The fourth-order valence-corrected chi connectivity index (χ4v) is 2.59. The molecule has 1 aromatic rings. The van der Waals surface area contributed by atoms with Crippen LogP contribution in [0.2, 0.25) is 0 Å². The molecule has 1 atom stereocenters. The topological polar surface area (TPSA) is 63.4 Å². The number of hydrogen-bond acceptors (Lipinski definition) is 4. The predicted molar refractivity (Wildman–Crippen MR) is 80.0 cm³/mol. The van der Waals surface area contributed by atoms with Gasteiger partial charge in [0.15, 0.2) is 0 Å². The number of Topliss-reactive ketones (excluding diaryl/α,β-unsaturated/α-hetero) is 2. The summed E-state index contributed by atoms with van der Waals surface area (Å²) in [4.78, 5) is 25.6. The van der Waals surface area contributed by atoms with Gasteiger partial charge in [0.2, 0.25) is 11.6 Å². The van der Waals surface area contributed by atoms with Crippen LogP contribution in [0.25, 0.3) is 0 Å². The van der Waals surface area contributed by atoms with Crippen LogP contribution in [-0.4, -0.2) is 30.7 Å². The quantitative estimate of drug-likeness (QED) is 0.826. The van der Waals surface area contributed by atoms with Crippen LogP contribution in [-0.2, 0) is 22.4 Å². The number of fused-ring (bicyclic) bond motifs is 1. The highest BCUT2D eigenvalue weighted by Crippen LogP contribution is 2.28. The van der Waals surface area contributed by atoms with Crippen LogP contribution in [0.15, 0.2) is 18.2 Å². The second-order valence-corrected chi connectivity index (χ2v) is 5.42. The zero-order chi connectivity index (χ0) is 14.7. The summed E-state index contributed by atoms with van der Waals surface area (Å²) in [5.41, 5.74) is 9.10. The van der Waals surface area contributed by atoms with Crippen LogP contribution in [0.1, 0.15) is 31.4 Å². The average molecular weight is 274 g/mol. The number of anilines is 1. The zero-order valence-corrected chi connectivity index (χ0v) is 12.2. The number of benzene rings is 1. The molecule has 1 aromatic carbocycles.